The van der Waals surface area contributed by atoms with Gasteiger partial charge in [0.05, 0.1) is 0 Å². The van der Waals surface area contributed by atoms with Gasteiger partial charge in [-0.05, 0) is 29.8 Å². The Kier molecular flexibility index (Phi) is 6.97. The number of pyridine rings is 1. The van der Waals surface area contributed by atoms with Crippen LogP contribution in [0.1, 0.15) is 16.7 Å². The Morgan fingerprint density at radius 2 is 1.76 bits per heavy atom. The minimum absolute atomic E-state index is 0.0863. The molecule has 5 N–H and O–H groups in total. The SMILES string of the molecule is N=C/C(=C\N)c1cn(-c2ccc(OC(F)(F)F)cc2)c(=O)c(NCc2ccccc2)c1C=N. The molecule has 0 saturated carbocycles. The molecule has 0 aliphatic carbocycles. The molecule has 10 heteroatoms. The van der Waals surface area contributed by atoms with Gasteiger partial charge in [-0.15, -0.1) is 13.2 Å². The number of ether oxygens (including phenoxy) is 1. The summed E-state index contributed by atoms with van der Waals surface area (Å²) in [5, 5.41) is 18.5. The summed E-state index contributed by atoms with van der Waals surface area (Å²) in [6.07, 6.45) is -0.304. The summed E-state index contributed by atoms with van der Waals surface area (Å²) in [7, 11) is 0. The van der Waals surface area contributed by atoms with Crippen molar-refractivity contribution in [3.8, 4) is 11.4 Å². The third-order valence-corrected chi connectivity index (χ3v) is 4.70. The van der Waals surface area contributed by atoms with Crippen LogP contribution in [-0.2, 0) is 6.54 Å². The topological polar surface area (TPSA) is 117 Å². The van der Waals surface area contributed by atoms with Crippen molar-refractivity contribution in [3.05, 3.63) is 94.0 Å². The van der Waals surface area contributed by atoms with E-state index < -0.39 is 17.7 Å². The number of hydrogen-bond donors (Lipinski definition) is 4. The molecule has 3 rings (SSSR count). The molecule has 2 aromatic carbocycles. The molecule has 1 heterocycles. The van der Waals surface area contributed by atoms with Crippen molar-refractivity contribution in [2.75, 3.05) is 5.32 Å². The van der Waals surface area contributed by atoms with E-state index in [2.05, 4.69) is 10.1 Å². The lowest BCUT2D eigenvalue weighted by Gasteiger charge is -2.17. The van der Waals surface area contributed by atoms with Crippen molar-refractivity contribution in [1.29, 1.82) is 10.8 Å². The maximum atomic E-state index is 13.3. The summed E-state index contributed by atoms with van der Waals surface area (Å²) >= 11 is 0. The average molecular weight is 455 g/mol. The molecule has 0 spiro atoms. The first-order valence-corrected chi connectivity index (χ1v) is 9.64. The van der Waals surface area contributed by atoms with Crippen molar-refractivity contribution in [1.82, 2.24) is 4.57 Å². The number of halogens is 3. The monoisotopic (exact) mass is 455 g/mol. The van der Waals surface area contributed by atoms with Crippen LogP contribution in [0.3, 0.4) is 0 Å². The summed E-state index contributed by atoms with van der Waals surface area (Å²) in [6.45, 7) is 0.283. The van der Waals surface area contributed by atoms with Gasteiger partial charge in [-0.25, -0.2) is 0 Å². The van der Waals surface area contributed by atoms with Gasteiger partial charge in [-0.3, -0.25) is 9.36 Å². The second-order valence-electron chi connectivity index (χ2n) is 6.80. The first kappa shape index (κ1) is 23.3. The molecule has 0 aliphatic heterocycles. The normalized spacial score (nSPS) is 11.7. The van der Waals surface area contributed by atoms with E-state index in [9.17, 15) is 18.0 Å². The summed E-state index contributed by atoms with van der Waals surface area (Å²) in [5.41, 5.74) is 7.15. The number of rotatable bonds is 8. The molecule has 0 radical (unpaired) electrons. The van der Waals surface area contributed by atoms with Gasteiger partial charge in [0.2, 0.25) is 0 Å². The number of alkyl halides is 3. The van der Waals surface area contributed by atoms with Crippen molar-refractivity contribution < 1.29 is 17.9 Å². The number of anilines is 1. The maximum Gasteiger partial charge on any atom is 0.573 e. The van der Waals surface area contributed by atoms with E-state index in [0.29, 0.717) is 5.56 Å². The van der Waals surface area contributed by atoms with Crippen LogP contribution in [0.15, 0.2) is 71.8 Å². The highest BCUT2D eigenvalue weighted by Crippen LogP contribution is 2.26. The van der Waals surface area contributed by atoms with E-state index in [-0.39, 0.29) is 29.1 Å². The molecule has 7 nitrogen and oxygen atoms in total. The number of benzene rings is 2. The van der Waals surface area contributed by atoms with Crippen molar-refractivity contribution in [3.63, 3.8) is 0 Å². The zero-order chi connectivity index (χ0) is 24.0. The summed E-state index contributed by atoms with van der Waals surface area (Å²) in [4.78, 5) is 13.3. The van der Waals surface area contributed by atoms with E-state index in [0.717, 1.165) is 30.1 Å². The molecular formula is C23H20F3N5O2. The van der Waals surface area contributed by atoms with Gasteiger partial charge in [-0.1, -0.05) is 30.3 Å². The van der Waals surface area contributed by atoms with Gasteiger partial charge in [0, 0.05) is 53.8 Å². The van der Waals surface area contributed by atoms with E-state index in [4.69, 9.17) is 16.6 Å². The van der Waals surface area contributed by atoms with E-state index in [1.165, 1.54) is 29.1 Å². The molecule has 0 aliphatic rings. The van der Waals surface area contributed by atoms with Crippen LogP contribution >= 0.6 is 0 Å². The van der Waals surface area contributed by atoms with Crippen molar-refractivity contribution >= 4 is 23.7 Å². The molecule has 0 bridgehead atoms. The molecule has 33 heavy (non-hydrogen) atoms. The molecule has 0 atom stereocenters. The predicted molar refractivity (Wildman–Crippen MR) is 121 cm³/mol. The quantitative estimate of drug-likeness (QED) is 0.379. The van der Waals surface area contributed by atoms with Gasteiger partial charge in [-0.2, -0.15) is 0 Å². The van der Waals surface area contributed by atoms with Gasteiger partial charge >= 0.3 is 6.36 Å². The van der Waals surface area contributed by atoms with Crippen molar-refractivity contribution in [2.24, 2.45) is 5.73 Å². The number of nitrogens with one attached hydrogen (secondary N) is 3. The Bertz CT molecular complexity index is 1230. The van der Waals surface area contributed by atoms with Crippen LogP contribution in [-0.4, -0.2) is 23.4 Å². The second-order valence-corrected chi connectivity index (χ2v) is 6.80. The summed E-state index contributed by atoms with van der Waals surface area (Å²) in [5.74, 6) is -0.430. The molecule has 170 valence electrons. The minimum Gasteiger partial charge on any atom is -0.406 e. The lowest BCUT2D eigenvalue weighted by Crippen LogP contribution is -2.25. The maximum absolute atomic E-state index is 13.3. The Labute approximate surface area is 187 Å². The minimum atomic E-state index is -4.84. The zero-order valence-electron chi connectivity index (χ0n) is 17.2. The summed E-state index contributed by atoms with van der Waals surface area (Å²) < 4.78 is 42.5. The number of hydrogen-bond acceptors (Lipinski definition) is 6. The van der Waals surface area contributed by atoms with Crippen LogP contribution in [0, 0.1) is 10.8 Å². The fourth-order valence-corrected chi connectivity index (χ4v) is 3.18. The van der Waals surface area contributed by atoms with E-state index in [1.54, 1.807) is 0 Å². The highest BCUT2D eigenvalue weighted by atomic mass is 19.4. The van der Waals surface area contributed by atoms with Crippen molar-refractivity contribution in [2.45, 2.75) is 12.9 Å². The first-order valence-electron chi connectivity index (χ1n) is 9.64. The lowest BCUT2D eigenvalue weighted by atomic mass is 10.0. The Morgan fingerprint density at radius 1 is 1.09 bits per heavy atom. The molecule has 0 unspecified atom stereocenters. The highest BCUT2D eigenvalue weighted by molar-refractivity contribution is 6.12. The van der Waals surface area contributed by atoms with Crippen LogP contribution in [0.4, 0.5) is 18.9 Å². The van der Waals surface area contributed by atoms with Crippen LogP contribution in [0.2, 0.25) is 0 Å². The fraction of sp³-hybridized carbons (Fsp3) is 0.0870. The number of aromatic nitrogens is 1. The Balaban J connectivity index is 2.13. The second kappa shape index (κ2) is 9.86. The average Bonchev–Trinajstić information content (AvgIpc) is 2.79. The van der Waals surface area contributed by atoms with Crippen LogP contribution < -0.4 is 21.3 Å². The number of nitrogens with zero attached hydrogens (tertiary/aromatic N) is 1. The predicted octanol–water partition coefficient (Wildman–Crippen LogP) is 4.30. The number of nitrogens with two attached hydrogens (primary N) is 1. The molecular weight excluding hydrogens is 435 g/mol. The van der Waals surface area contributed by atoms with Gasteiger partial charge in [0.25, 0.3) is 5.56 Å². The third kappa shape index (κ3) is 5.48. The first-order chi connectivity index (χ1) is 15.8. The summed E-state index contributed by atoms with van der Waals surface area (Å²) in [6, 6.07) is 14.1. The Hall–Kier alpha value is -4.34. The van der Waals surface area contributed by atoms with Gasteiger partial charge in [0.15, 0.2) is 0 Å². The largest absolute Gasteiger partial charge is 0.573 e. The fourth-order valence-electron chi connectivity index (χ4n) is 3.18. The molecule has 0 fully saturated rings. The third-order valence-electron chi connectivity index (χ3n) is 4.70. The van der Waals surface area contributed by atoms with Crippen LogP contribution in [0.5, 0.6) is 5.75 Å². The zero-order valence-corrected chi connectivity index (χ0v) is 17.2. The molecule has 3 aromatic rings. The highest BCUT2D eigenvalue weighted by Gasteiger charge is 2.31. The molecule has 1 aromatic heterocycles. The van der Waals surface area contributed by atoms with E-state index in [1.807, 2.05) is 30.3 Å². The molecule has 0 saturated heterocycles. The standard InChI is InChI=1S/C23H20F3N5O2/c24-23(25,26)33-18-8-6-17(7-9-18)31-14-20(16(10-27)11-28)19(12-29)21(22(31)32)30-13-15-4-2-1-3-5-15/h1-12,14,27,29-30H,13,28H2/b16-11+,27-10?,29-12?. The number of allylic oxidation sites excluding steroid dienone is 1. The van der Waals surface area contributed by atoms with E-state index >= 15 is 0 Å². The molecule has 0 amide bonds. The Morgan fingerprint density at radius 3 is 2.30 bits per heavy atom. The van der Waals surface area contributed by atoms with Gasteiger partial charge < -0.3 is 26.6 Å². The van der Waals surface area contributed by atoms with Crippen LogP contribution in [0.25, 0.3) is 11.3 Å². The lowest BCUT2D eigenvalue weighted by molar-refractivity contribution is -0.274. The van der Waals surface area contributed by atoms with Gasteiger partial charge in [0.1, 0.15) is 11.4 Å². The smallest absolute Gasteiger partial charge is 0.406 e.